The molecule has 0 radical (unpaired) electrons. The zero-order valence-electron chi connectivity index (χ0n) is 17.2. The fourth-order valence-corrected chi connectivity index (χ4v) is 3.13. The van der Waals surface area contributed by atoms with E-state index in [1.807, 2.05) is 59.0 Å². The van der Waals surface area contributed by atoms with Gasteiger partial charge in [0.1, 0.15) is 5.60 Å². The van der Waals surface area contributed by atoms with Gasteiger partial charge in [0.2, 0.25) is 0 Å². The summed E-state index contributed by atoms with van der Waals surface area (Å²) < 4.78 is 7.24. The van der Waals surface area contributed by atoms with Crippen LogP contribution in [0.1, 0.15) is 54.7 Å². The van der Waals surface area contributed by atoms with E-state index in [4.69, 9.17) is 4.74 Å². The number of aromatic nitrogens is 2. The zero-order chi connectivity index (χ0) is 20.5. The SMILES string of the molecule is Cc1ccc(C(=O)Nc2ccn(C3CCN(C(=O)OC(C)(C)C)C3)n2)cc1C. The molecule has 3 rings (SSSR count). The van der Waals surface area contributed by atoms with Crippen molar-refractivity contribution in [1.82, 2.24) is 14.7 Å². The number of ether oxygens (including phenoxy) is 1. The third kappa shape index (κ3) is 4.71. The summed E-state index contributed by atoms with van der Waals surface area (Å²) in [5.74, 6) is 0.314. The van der Waals surface area contributed by atoms with Crippen molar-refractivity contribution >= 4 is 17.8 Å². The molecular formula is C21H28N4O3. The lowest BCUT2D eigenvalue weighted by Crippen LogP contribution is -2.35. The maximum absolute atomic E-state index is 12.5. The van der Waals surface area contributed by atoms with Gasteiger partial charge in [-0.05, 0) is 64.3 Å². The van der Waals surface area contributed by atoms with Gasteiger partial charge in [-0.1, -0.05) is 6.07 Å². The number of anilines is 1. The lowest BCUT2D eigenvalue weighted by Gasteiger charge is -2.24. The molecule has 1 aliphatic rings. The molecule has 7 heteroatoms. The van der Waals surface area contributed by atoms with Crippen LogP contribution in [-0.2, 0) is 4.74 Å². The maximum atomic E-state index is 12.5. The van der Waals surface area contributed by atoms with Crippen LogP contribution in [0.2, 0.25) is 0 Å². The average molecular weight is 384 g/mol. The van der Waals surface area contributed by atoms with Crippen molar-refractivity contribution in [3.05, 3.63) is 47.2 Å². The number of hydrogen-bond donors (Lipinski definition) is 1. The molecule has 0 bridgehead atoms. The number of carbonyl (C=O) groups excluding carboxylic acids is 2. The molecule has 1 aromatic heterocycles. The molecule has 1 N–H and O–H groups in total. The van der Waals surface area contributed by atoms with Crippen molar-refractivity contribution in [1.29, 1.82) is 0 Å². The fourth-order valence-electron chi connectivity index (χ4n) is 3.13. The van der Waals surface area contributed by atoms with Crippen molar-refractivity contribution in [2.75, 3.05) is 18.4 Å². The van der Waals surface area contributed by atoms with Crippen LogP contribution in [0.5, 0.6) is 0 Å². The van der Waals surface area contributed by atoms with Crippen LogP contribution < -0.4 is 5.32 Å². The molecule has 2 aromatic rings. The predicted octanol–water partition coefficient (Wildman–Crippen LogP) is 3.93. The van der Waals surface area contributed by atoms with E-state index in [1.165, 1.54) is 0 Å². The van der Waals surface area contributed by atoms with Gasteiger partial charge in [0, 0.05) is 30.9 Å². The second kappa shape index (κ2) is 7.66. The first kappa shape index (κ1) is 19.9. The summed E-state index contributed by atoms with van der Waals surface area (Å²) in [7, 11) is 0. The van der Waals surface area contributed by atoms with E-state index in [0.29, 0.717) is 24.5 Å². The largest absolute Gasteiger partial charge is 0.444 e. The van der Waals surface area contributed by atoms with Gasteiger partial charge < -0.3 is 15.0 Å². The summed E-state index contributed by atoms with van der Waals surface area (Å²) in [6.45, 7) is 10.7. The molecule has 150 valence electrons. The summed E-state index contributed by atoms with van der Waals surface area (Å²) in [4.78, 5) is 26.4. The Balaban J connectivity index is 1.60. The molecule has 1 atom stereocenters. The highest BCUT2D eigenvalue weighted by atomic mass is 16.6. The van der Waals surface area contributed by atoms with E-state index in [-0.39, 0.29) is 18.0 Å². The second-order valence-electron chi connectivity index (χ2n) is 8.30. The molecule has 1 unspecified atom stereocenters. The maximum Gasteiger partial charge on any atom is 0.410 e. The van der Waals surface area contributed by atoms with E-state index >= 15 is 0 Å². The number of amides is 2. The minimum absolute atomic E-state index is 0.0692. The molecule has 0 aliphatic carbocycles. The first-order valence-corrected chi connectivity index (χ1v) is 9.54. The molecule has 2 amide bonds. The Hall–Kier alpha value is -2.83. The molecule has 1 fully saturated rings. The van der Waals surface area contributed by atoms with E-state index in [1.54, 1.807) is 15.6 Å². The Morgan fingerprint density at radius 2 is 1.93 bits per heavy atom. The third-order valence-electron chi connectivity index (χ3n) is 4.81. The second-order valence-corrected chi connectivity index (χ2v) is 8.30. The van der Waals surface area contributed by atoms with Gasteiger partial charge in [0.15, 0.2) is 5.82 Å². The average Bonchev–Trinajstić information content (AvgIpc) is 3.24. The van der Waals surface area contributed by atoms with Crippen molar-refractivity contribution in [2.45, 2.75) is 52.7 Å². The number of rotatable bonds is 3. The van der Waals surface area contributed by atoms with Crippen LogP contribution in [0, 0.1) is 13.8 Å². The normalized spacial score (nSPS) is 16.9. The Bertz CT molecular complexity index is 882. The summed E-state index contributed by atoms with van der Waals surface area (Å²) in [6, 6.07) is 7.46. The van der Waals surface area contributed by atoms with Gasteiger partial charge >= 0.3 is 6.09 Å². The van der Waals surface area contributed by atoms with E-state index in [9.17, 15) is 9.59 Å². The molecular weight excluding hydrogens is 356 g/mol. The molecule has 7 nitrogen and oxygen atoms in total. The van der Waals surface area contributed by atoms with E-state index in [0.717, 1.165) is 17.5 Å². The highest BCUT2D eigenvalue weighted by Crippen LogP contribution is 2.24. The van der Waals surface area contributed by atoms with Crippen molar-refractivity contribution < 1.29 is 14.3 Å². The van der Waals surface area contributed by atoms with Crippen molar-refractivity contribution in [2.24, 2.45) is 0 Å². The Morgan fingerprint density at radius 1 is 1.18 bits per heavy atom. The zero-order valence-corrected chi connectivity index (χ0v) is 17.2. The summed E-state index contributed by atoms with van der Waals surface area (Å²) in [5, 5.41) is 7.31. The molecule has 1 aliphatic heterocycles. The lowest BCUT2D eigenvalue weighted by molar-refractivity contribution is 0.0288. The van der Waals surface area contributed by atoms with E-state index < -0.39 is 5.60 Å². The first-order chi connectivity index (χ1) is 13.1. The Kier molecular flexibility index (Phi) is 5.45. The quantitative estimate of drug-likeness (QED) is 0.870. The van der Waals surface area contributed by atoms with Crippen LogP contribution in [0.3, 0.4) is 0 Å². The summed E-state index contributed by atoms with van der Waals surface area (Å²) in [5.41, 5.74) is 2.32. The minimum Gasteiger partial charge on any atom is -0.444 e. The molecule has 0 saturated carbocycles. The molecule has 2 heterocycles. The molecule has 28 heavy (non-hydrogen) atoms. The van der Waals surface area contributed by atoms with Gasteiger partial charge in [0.05, 0.1) is 6.04 Å². The summed E-state index contributed by atoms with van der Waals surface area (Å²) in [6.07, 6.45) is 2.33. The first-order valence-electron chi connectivity index (χ1n) is 9.54. The number of carbonyl (C=O) groups is 2. The number of aryl methyl sites for hydroxylation is 2. The van der Waals surface area contributed by atoms with Gasteiger partial charge in [-0.2, -0.15) is 5.10 Å². The minimum atomic E-state index is -0.507. The summed E-state index contributed by atoms with van der Waals surface area (Å²) >= 11 is 0. The molecule has 0 spiro atoms. The highest BCUT2D eigenvalue weighted by molar-refractivity contribution is 6.03. The lowest BCUT2D eigenvalue weighted by atomic mass is 10.1. The molecule has 1 saturated heterocycles. The van der Waals surface area contributed by atoms with Crippen LogP contribution >= 0.6 is 0 Å². The van der Waals surface area contributed by atoms with Gasteiger partial charge in [-0.3, -0.25) is 9.48 Å². The number of likely N-dealkylation sites (tertiary alicyclic amines) is 1. The molecule has 1 aromatic carbocycles. The van der Waals surface area contributed by atoms with Gasteiger partial charge in [-0.15, -0.1) is 0 Å². The van der Waals surface area contributed by atoms with Crippen LogP contribution in [-0.4, -0.2) is 45.4 Å². The van der Waals surface area contributed by atoms with Crippen molar-refractivity contribution in [3.63, 3.8) is 0 Å². The topological polar surface area (TPSA) is 76.5 Å². The fraction of sp³-hybridized carbons (Fsp3) is 0.476. The predicted molar refractivity (Wildman–Crippen MR) is 108 cm³/mol. The number of hydrogen-bond acceptors (Lipinski definition) is 4. The standard InChI is InChI=1S/C21H28N4O3/c1-14-6-7-16(12-15(14)2)19(26)22-18-9-11-25(23-18)17-8-10-24(13-17)20(27)28-21(3,4)5/h6-7,9,11-12,17H,8,10,13H2,1-5H3,(H,22,23,26). The Morgan fingerprint density at radius 3 is 2.61 bits per heavy atom. The van der Waals surface area contributed by atoms with Crippen LogP contribution in [0.4, 0.5) is 10.6 Å². The van der Waals surface area contributed by atoms with Crippen LogP contribution in [0.15, 0.2) is 30.5 Å². The smallest absolute Gasteiger partial charge is 0.410 e. The number of nitrogens with zero attached hydrogens (tertiary/aromatic N) is 3. The van der Waals surface area contributed by atoms with Gasteiger partial charge in [0.25, 0.3) is 5.91 Å². The highest BCUT2D eigenvalue weighted by Gasteiger charge is 2.31. The third-order valence-corrected chi connectivity index (χ3v) is 4.81. The number of benzene rings is 1. The monoisotopic (exact) mass is 384 g/mol. The van der Waals surface area contributed by atoms with E-state index in [2.05, 4.69) is 10.4 Å². The number of nitrogens with one attached hydrogen (secondary N) is 1. The van der Waals surface area contributed by atoms with Crippen LogP contribution in [0.25, 0.3) is 0 Å². The van der Waals surface area contributed by atoms with Crippen molar-refractivity contribution in [3.8, 4) is 0 Å². The Labute approximate surface area is 165 Å². The van der Waals surface area contributed by atoms with Gasteiger partial charge in [-0.25, -0.2) is 4.79 Å².